The van der Waals surface area contributed by atoms with E-state index in [0.29, 0.717) is 18.3 Å². The van der Waals surface area contributed by atoms with E-state index in [9.17, 15) is 0 Å². The standard InChI is InChI=1S/C6H10O2/c1-7-4-2-3-5-6(4)8-5/h4-6H,2-3H2,1H3/t4-,5+,6+/m1/s1. The third-order valence-electron chi connectivity index (χ3n) is 2.03. The molecule has 2 aliphatic rings. The molecule has 0 aromatic rings. The Bertz CT molecular complexity index is 103. The lowest BCUT2D eigenvalue weighted by atomic mass is 10.3. The van der Waals surface area contributed by atoms with Crippen molar-refractivity contribution in [3.05, 3.63) is 0 Å². The smallest absolute Gasteiger partial charge is 0.110 e. The molecule has 2 nitrogen and oxygen atoms in total. The molecule has 8 heavy (non-hydrogen) atoms. The number of hydrogen-bond donors (Lipinski definition) is 0. The molecule has 0 unspecified atom stereocenters. The van der Waals surface area contributed by atoms with Crippen LogP contribution in [-0.2, 0) is 9.47 Å². The van der Waals surface area contributed by atoms with E-state index >= 15 is 0 Å². The second kappa shape index (κ2) is 1.45. The summed E-state index contributed by atoms with van der Waals surface area (Å²) in [4.78, 5) is 0. The van der Waals surface area contributed by atoms with Crippen molar-refractivity contribution in [1.82, 2.24) is 0 Å². The summed E-state index contributed by atoms with van der Waals surface area (Å²) in [6.45, 7) is 0. The first-order valence-corrected chi connectivity index (χ1v) is 3.10. The van der Waals surface area contributed by atoms with E-state index in [-0.39, 0.29) is 0 Å². The zero-order chi connectivity index (χ0) is 5.56. The molecule has 1 aliphatic carbocycles. The van der Waals surface area contributed by atoms with E-state index in [4.69, 9.17) is 9.47 Å². The molecule has 0 radical (unpaired) electrons. The Labute approximate surface area is 48.8 Å². The minimum atomic E-state index is 0.417. The monoisotopic (exact) mass is 114 g/mol. The van der Waals surface area contributed by atoms with Crippen molar-refractivity contribution in [3.63, 3.8) is 0 Å². The zero-order valence-electron chi connectivity index (χ0n) is 4.96. The fraction of sp³-hybridized carbons (Fsp3) is 1.00. The summed E-state index contributed by atoms with van der Waals surface area (Å²) in [6.07, 6.45) is 3.87. The highest BCUT2D eigenvalue weighted by atomic mass is 16.6. The Morgan fingerprint density at radius 2 is 2.38 bits per heavy atom. The molecule has 3 atom stereocenters. The zero-order valence-corrected chi connectivity index (χ0v) is 4.96. The van der Waals surface area contributed by atoms with Crippen molar-refractivity contribution in [3.8, 4) is 0 Å². The minimum absolute atomic E-state index is 0.417. The molecule has 1 saturated heterocycles. The minimum Gasteiger partial charge on any atom is -0.379 e. The largest absolute Gasteiger partial charge is 0.379 e. The average molecular weight is 114 g/mol. The van der Waals surface area contributed by atoms with Crippen LogP contribution in [0.15, 0.2) is 0 Å². The van der Waals surface area contributed by atoms with Gasteiger partial charge in [0.1, 0.15) is 6.10 Å². The van der Waals surface area contributed by atoms with Gasteiger partial charge in [-0.15, -0.1) is 0 Å². The lowest BCUT2D eigenvalue weighted by Gasteiger charge is -2.05. The van der Waals surface area contributed by atoms with Crippen LogP contribution in [0.5, 0.6) is 0 Å². The van der Waals surface area contributed by atoms with Crippen molar-refractivity contribution in [1.29, 1.82) is 0 Å². The predicted octanol–water partition coefficient (Wildman–Crippen LogP) is 0.563. The van der Waals surface area contributed by atoms with Crippen molar-refractivity contribution >= 4 is 0 Å². The summed E-state index contributed by atoms with van der Waals surface area (Å²) in [5.41, 5.74) is 0. The van der Waals surface area contributed by atoms with E-state index in [0.717, 1.165) is 0 Å². The van der Waals surface area contributed by atoms with Gasteiger partial charge in [0.25, 0.3) is 0 Å². The quantitative estimate of drug-likeness (QED) is 0.465. The Morgan fingerprint density at radius 1 is 1.50 bits per heavy atom. The predicted molar refractivity (Wildman–Crippen MR) is 28.7 cm³/mol. The Hall–Kier alpha value is -0.0800. The van der Waals surface area contributed by atoms with Crippen LogP contribution in [0.4, 0.5) is 0 Å². The number of hydrogen-bond acceptors (Lipinski definition) is 2. The maximum atomic E-state index is 5.23. The van der Waals surface area contributed by atoms with E-state index in [1.807, 2.05) is 0 Å². The lowest BCUT2D eigenvalue weighted by Crippen LogP contribution is -2.12. The number of methoxy groups -OCH3 is 1. The van der Waals surface area contributed by atoms with Gasteiger partial charge in [0.05, 0.1) is 12.2 Å². The molecular weight excluding hydrogens is 104 g/mol. The SMILES string of the molecule is CO[C@@H]1CC[C@@H]2O[C@H]21. The van der Waals surface area contributed by atoms with Crippen molar-refractivity contribution in [2.75, 3.05) is 7.11 Å². The van der Waals surface area contributed by atoms with Crippen LogP contribution in [0.2, 0.25) is 0 Å². The van der Waals surface area contributed by atoms with E-state index < -0.39 is 0 Å². The van der Waals surface area contributed by atoms with Gasteiger partial charge in [-0.1, -0.05) is 0 Å². The topological polar surface area (TPSA) is 21.8 Å². The van der Waals surface area contributed by atoms with Gasteiger partial charge in [0.15, 0.2) is 0 Å². The number of fused-ring (bicyclic) bond motifs is 1. The molecule has 1 aliphatic heterocycles. The Kier molecular flexibility index (Phi) is 0.866. The molecule has 2 fully saturated rings. The maximum Gasteiger partial charge on any atom is 0.110 e. The molecule has 2 heteroatoms. The normalized spacial score (nSPS) is 51.4. The molecule has 46 valence electrons. The third-order valence-corrected chi connectivity index (χ3v) is 2.03. The lowest BCUT2D eigenvalue weighted by molar-refractivity contribution is 0.0669. The average Bonchev–Trinajstić information content (AvgIpc) is 2.46. The first-order valence-electron chi connectivity index (χ1n) is 3.10. The molecule has 0 amide bonds. The van der Waals surface area contributed by atoms with Crippen LogP contribution < -0.4 is 0 Å². The summed E-state index contributed by atoms with van der Waals surface area (Å²) >= 11 is 0. The summed E-state index contributed by atoms with van der Waals surface area (Å²) in [6, 6.07) is 0. The highest BCUT2D eigenvalue weighted by Crippen LogP contribution is 2.39. The summed E-state index contributed by atoms with van der Waals surface area (Å²) in [5, 5.41) is 0. The van der Waals surface area contributed by atoms with Crippen LogP contribution in [0.25, 0.3) is 0 Å². The summed E-state index contributed by atoms with van der Waals surface area (Å²) < 4.78 is 10.4. The van der Waals surface area contributed by atoms with E-state index in [1.165, 1.54) is 12.8 Å². The van der Waals surface area contributed by atoms with Gasteiger partial charge in [0, 0.05) is 7.11 Å². The summed E-state index contributed by atoms with van der Waals surface area (Å²) in [5.74, 6) is 0. The van der Waals surface area contributed by atoms with E-state index in [1.54, 1.807) is 7.11 Å². The molecular formula is C6H10O2. The fourth-order valence-electron chi connectivity index (χ4n) is 1.46. The van der Waals surface area contributed by atoms with Gasteiger partial charge < -0.3 is 9.47 Å². The van der Waals surface area contributed by atoms with Gasteiger partial charge >= 0.3 is 0 Å². The van der Waals surface area contributed by atoms with Gasteiger partial charge in [0.2, 0.25) is 0 Å². The molecule has 0 N–H and O–H groups in total. The molecule has 0 aromatic carbocycles. The van der Waals surface area contributed by atoms with Crippen LogP contribution >= 0.6 is 0 Å². The van der Waals surface area contributed by atoms with Gasteiger partial charge in [-0.2, -0.15) is 0 Å². The van der Waals surface area contributed by atoms with Gasteiger partial charge in [-0.25, -0.2) is 0 Å². The fourth-order valence-corrected chi connectivity index (χ4v) is 1.46. The van der Waals surface area contributed by atoms with E-state index in [2.05, 4.69) is 0 Å². The van der Waals surface area contributed by atoms with Crippen molar-refractivity contribution < 1.29 is 9.47 Å². The Balaban J connectivity index is 1.97. The van der Waals surface area contributed by atoms with Crippen molar-refractivity contribution in [2.24, 2.45) is 0 Å². The molecule has 0 bridgehead atoms. The molecule has 0 aromatic heterocycles. The number of rotatable bonds is 1. The first kappa shape index (κ1) is 4.77. The van der Waals surface area contributed by atoms with Crippen molar-refractivity contribution in [2.45, 2.75) is 31.2 Å². The molecule has 0 spiro atoms. The number of ether oxygens (including phenoxy) is 2. The highest BCUT2D eigenvalue weighted by molar-refractivity contribution is 4.98. The first-order chi connectivity index (χ1) is 3.92. The van der Waals surface area contributed by atoms with Crippen LogP contribution in [0.1, 0.15) is 12.8 Å². The van der Waals surface area contributed by atoms with Crippen LogP contribution in [-0.4, -0.2) is 25.4 Å². The van der Waals surface area contributed by atoms with Crippen LogP contribution in [0.3, 0.4) is 0 Å². The van der Waals surface area contributed by atoms with Crippen LogP contribution in [0, 0.1) is 0 Å². The summed E-state index contributed by atoms with van der Waals surface area (Å²) in [7, 11) is 1.76. The van der Waals surface area contributed by atoms with Gasteiger partial charge in [-0.3, -0.25) is 0 Å². The highest BCUT2D eigenvalue weighted by Gasteiger charge is 2.50. The molecule has 1 heterocycles. The molecule has 2 rings (SSSR count). The number of epoxide rings is 1. The Morgan fingerprint density at radius 3 is 2.62 bits per heavy atom. The second-order valence-corrected chi connectivity index (χ2v) is 2.49. The maximum absolute atomic E-state index is 5.23. The molecule has 1 saturated carbocycles. The van der Waals surface area contributed by atoms with Gasteiger partial charge in [-0.05, 0) is 12.8 Å². The second-order valence-electron chi connectivity index (χ2n) is 2.49. The third kappa shape index (κ3) is 0.501.